The first kappa shape index (κ1) is 16.3. The highest BCUT2D eigenvalue weighted by Crippen LogP contribution is 2.31. The molecule has 0 radical (unpaired) electrons. The third-order valence-corrected chi connectivity index (χ3v) is 4.61. The summed E-state index contributed by atoms with van der Waals surface area (Å²) in [5.74, 6) is -1.25. The third-order valence-electron chi connectivity index (χ3n) is 4.61. The maximum Gasteiger partial charge on any atom is 0.335 e. The van der Waals surface area contributed by atoms with E-state index in [2.05, 4.69) is 10.3 Å². The van der Waals surface area contributed by atoms with Gasteiger partial charge in [0.2, 0.25) is 5.88 Å². The second kappa shape index (κ2) is 6.27. The van der Waals surface area contributed by atoms with Gasteiger partial charge in [-0.25, -0.2) is 13.8 Å². The smallest absolute Gasteiger partial charge is 0.335 e. The number of benzene rings is 2. The zero-order valence-electron chi connectivity index (χ0n) is 13.7. The van der Waals surface area contributed by atoms with Gasteiger partial charge < -0.3 is 10.4 Å². The van der Waals surface area contributed by atoms with Gasteiger partial charge in [0.15, 0.2) is 0 Å². The monoisotopic (exact) mass is 353 g/mol. The van der Waals surface area contributed by atoms with Crippen LogP contribution in [0.2, 0.25) is 0 Å². The standard InChI is InChI=1S/C19H16FN3O3/c20-13-7-3-4-8-14(13)23-18(25)15(17(24)22-19(23)26)16-12-6-2-1-5-11(12)9-10-21-16/h1-8,16,21,25H,9-10H2,(H,22,24,26). The van der Waals surface area contributed by atoms with Crippen LogP contribution < -0.4 is 16.6 Å². The third kappa shape index (κ3) is 2.53. The minimum atomic E-state index is -0.898. The number of H-pyrrole nitrogens is 1. The van der Waals surface area contributed by atoms with Crippen LogP contribution in [0.1, 0.15) is 22.7 Å². The van der Waals surface area contributed by atoms with Gasteiger partial charge in [-0.05, 0) is 29.7 Å². The molecule has 0 fully saturated rings. The summed E-state index contributed by atoms with van der Waals surface area (Å²) in [5.41, 5.74) is 0.160. The van der Waals surface area contributed by atoms with E-state index < -0.39 is 29.0 Å². The summed E-state index contributed by atoms with van der Waals surface area (Å²) in [6.07, 6.45) is 0.790. The fourth-order valence-electron chi connectivity index (χ4n) is 3.42. The molecule has 7 heteroatoms. The molecule has 26 heavy (non-hydrogen) atoms. The Balaban J connectivity index is 1.98. The van der Waals surface area contributed by atoms with Crippen molar-refractivity contribution in [3.63, 3.8) is 0 Å². The van der Waals surface area contributed by atoms with Crippen molar-refractivity contribution in [2.24, 2.45) is 0 Å². The fourth-order valence-corrected chi connectivity index (χ4v) is 3.42. The molecule has 0 bridgehead atoms. The topological polar surface area (TPSA) is 87.1 Å². The van der Waals surface area contributed by atoms with Crippen LogP contribution >= 0.6 is 0 Å². The van der Waals surface area contributed by atoms with Gasteiger partial charge in [-0.3, -0.25) is 9.78 Å². The first-order valence-electron chi connectivity index (χ1n) is 8.22. The molecule has 1 atom stereocenters. The van der Waals surface area contributed by atoms with Crippen LogP contribution in [-0.4, -0.2) is 21.2 Å². The van der Waals surface area contributed by atoms with Crippen molar-refractivity contribution < 1.29 is 9.50 Å². The maximum atomic E-state index is 14.2. The molecule has 3 N–H and O–H groups in total. The largest absolute Gasteiger partial charge is 0.494 e. The quantitative estimate of drug-likeness (QED) is 0.653. The second-order valence-corrected chi connectivity index (χ2v) is 6.12. The summed E-state index contributed by atoms with van der Waals surface area (Å²) >= 11 is 0. The van der Waals surface area contributed by atoms with E-state index in [1.165, 1.54) is 18.2 Å². The van der Waals surface area contributed by atoms with Crippen molar-refractivity contribution in [1.29, 1.82) is 0 Å². The van der Waals surface area contributed by atoms with Crippen molar-refractivity contribution in [2.45, 2.75) is 12.5 Å². The average molecular weight is 353 g/mol. The summed E-state index contributed by atoms with van der Waals surface area (Å²) in [6, 6.07) is 12.5. The van der Waals surface area contributed by atoms with Gasteiger partial charge in [0.1, 0.15) is 5.82 Å². The number of halogens is 1. The van der Waals surface area contributed by atoms with E-state index in [0.29, 0.717) is 6.54 Å². The molecule has 0 spiro atoms. The number of hydrogen-bond donors (Lipinski definition) is 3. The Labute approximate surface area is 147 Å². The Bertz CT molecular complexity index is 1100. The number of fused-ring (bicyclic) bond motifs is 1. The number of nitrogens with one attached hydrogen (secondary N) is 2. The first-order chi connectivity index (χ1) is 12.6. The average Bonchev–Trinajstić information content (AvgIpc) is 2.63. The highest BCUT2D eigenvalue weighted by Gasteiger charge is 2.29. The molecule has 0 saturated carbocycles. The van der Waals surface area contributed by atoms with Crippen molar-refractivity contribution in [1.82, 2.24) is 14.9 Å². The maximum absolute atomic E-state index is 14.2. The lowest BCUT2D eigenvalue weighted by Crippen LogP contribution is -2.38. The highest BCUT2D eigenvalue weighted by atomic mass is 19.1. The molecule has 1 aromatic heterocycles. The van der Waals surface area contributed by atoms with E-state index in [-0.39, 0.29) is 11.3 Å². The van der Waals surface area contributed by atoms with E-state index in [1.807, 2.05) is 24.3 Å². The minimum absolute atomic E-state index is 0.0139. The number of para-hydroxylation sites is 1. The van der Waals surface area contributed by atoms with Crippen molar-refractivity contribution >= 4 is 0 Å². The van der Waals surface area contributed by atoms with E-state index in [9.17, 15) is 19.1 Å². The molecular weight excluding hydrogens is 337 g/mol. The predicted molar refractivity (Wildman–Crippen MR) is 94.3 cm³/mol. The molecule has 1 aliphatic heterocycles. The van der Waals surface area contributed by atoms with E-state index in [0.717, 1.165) is 22.1 Å². The lowest BCUT2D eigenvalue weighted by Gasteiger charge is -2.27. The summed E-state index contributed by atoms with van der Waals surface area (Å²) in [5, 5.41) is 13.9. The molecule has 6 nitrogen and oxygen atoms in total. The van der Waals surface area contributed by atoms with Crippen molar-refractivity contribution in [2.75, 3.05) is 6.54 Å². The molecule has 3 aromatic rings. The summed E-state index contributed by atoms with van der Waals surface area (Å²) < 4.78 is 15.0. The Morgan fingerprint density at radius 1 is 1.08 bits per heavy atom. The Hall–Kier alpha value is -3.19. The van der Waals surface area contributed by atoms with Gasteiger partial charge in [0, 0.05) is 6.54 Å². The summed E-state index contributed by atoms with van der Waals surface area (Å²) in [7, 11) is 0. The molecule has 132 valence electrons. The van der Waals surface area contributed by atoms with Gasteiger partial charge in [0.25, 0.3) is 5.56 Å². The molecule has 2 heterocycles. The number of hydrogen-bond acceptors (Lipinski definition) is 4. The molecule has 1 aliphatic rings. The van der Waals surface area contributed by atoms with Crippen LogP contribution in [0, 0.1) is 5.82 Å². The van der Waals surface area contributed by atoms with E-state index >= 15 is 0 Å². The Morgan fingerprint density at radius 2 is 1.81 bits per heavy atom. The lowest BCUT2D eigenvalue weighted by molar-refractivity contribution is 0.408. The second-order valence-electron chi connectivity index (χ2n) is 6.12. The van der Waals surface area contributed by atoms with Crippen LogP contribution in [0.15, 0.2) is 58.1 Å². The van der Waals surface area contributed by atoms with Gasteiger partial charge >= 0.3 is 5.69 Å². The van der Waals surface area contributed by atoms with Gasteiger partial charge in [-0.2, -0.15) is 0 Å². The predicted octanol–water partition coefficient (Wildman–Crippen LogP) is 1.61. The zero-order valence-corrected chi connectivity index (χ0v) is 13.7. The van der Waals surface area contributed by atoms with Gasteiger partial charge in [-0.15, -0.1) is 0 Å². The Kier molecular flexibility index (Phi) is 3.93. The van der Waals surface area contributed by atoms with E-state index in [1.54, 1.807) is 6.07 Å². The fraction of sp³-hybridized carbons (Fsp3) is 0.158. The van der Waals surface area contributed by atoms with Crippen LogP contribution in [0.4, 0.5) is 4.39 Å². The normalized spacial score (nSPS) is 16.3. The molecule has 0 aliphatic carbocycles. The Morgan fingerprint density at radius 3 is 2.62 bits per heavy atom. The molecule has 0 amide bonds. The molecule has 4 rings (SSSR count). The molecule has 0 saturated heterocycles. The van der Waals surface area contributed by atoms with Gasteiger partial charge in [-0.1, -0.05) is 36.4 Å². The van der Waals surface area contributed by atoms with Crippen molar-refractivity contribution in [3.05, 3.63) is 91.9 Å². The zero-order chi connectivity index (χ0) is 18.3. The number of rotatable bonds is 2. The number of aromatic nitrogens is 2. The number of nitrogens with zero attached hydrogens (tertiary/aromatic N) is 1. The summed E-state index contributed by atoms with van der Waals surface area (Å²) in [4.78, 5) is 26.9. The molecular formula is C19H16FN3O3. The lowest BCUT2D eigenvalue weighted by atomic mass is 9.90. The van der Waals surface area contributed by atoms with E-state index in [4.69, 9.17) is 0 Å². The van der Waals surface area contributed by atoms with Gasteiger partial charge in [0.05, 0.1) is 17.3 Å². The SMILES string of the molecule is O=c1[nH]c(=O)n(-c2ccccc2F)c(O)c1C1NCCc2ccccc21. The van der Waals surface area contributed by atoms with Crippen LogP contribution in [0.3, 0.4) is 0 Å². The highest BCUT2D eigenvalue weighted by molar-refractivity contribution is 5.45. The van der Waals surface area contributed by atoms with Crippen LogP contribution in [0.5, 0.6) is 5.88 Å². The summed E-state index contributed by atoms with van der Waals surface area (Å²) in [6.45, 7) is 0.611. The van der Waals surface area contributed by atoms with Crippen LogP contribution in [-0.2, 0) is 6.42 Å². The van der Waals surface area contributed by atoms with Crippen molar-refractivity contribution in [3.8, 4) is 11.6 Å². The first-order valence-corrected chi connectivity index (χ1v) is 8.22. The molecule has 1 unspecified atom stereocenters. The molecule has 2 aromatic carbocycles. The number of aromatic amines is 1. The number of aromatic hydroxyl groups is 1. The minimum Gasteiger partial charge on any atom is -0.494 e. The van der Waals surface area contributed by atoms with Crippen LogP contribution in [0.25, 0.3) is 5.69 Å².